The monoisotopic (exact) mass is 505 g/mol. The van der Waals surface area contributed by atoms with Crippen molar-refractivity contribution in [3.8, 4) is 11.5 Å². The van der Waals surface area contributed by atoms with Crippen molar-refractivity contribution in [1.82, 2.24) is 10.2 Å². The number of thiophene rings is 1. The van der Waals surface area contributed by atoms with Gasteiger partial charge in [0.25, 0.3) is 5.91 Å². The minimum absolute atomic E-state index is 0.0286. The Bertz CT molecular complexity index is 1120. The number of hydrogen-bond donors (Lipinski definition) is 1. The van der Waals surface area contributed by atoms with Gasteiger partial charge in [0.1, 0.15) is 17.5 Å². The van der Waals surface area contributed by atoms with Crippen molar-refractivity contribution in [2.75, 3.05) is 24.5 Å². The zero-order valence-corrected chi connectivity index (χ0v) is 22.0. The number of rotatable bonds is 9. The van der Waals surface area contributed by atoms with E-state index in [0.29, 0.717) is 36.9 Å². The van der Waals surface area contributed by atoms with Gasteiger partial charge in [-0.3, -0.25) is 14.5 Å². The highest BCUT2D eigenvalue weighted by Gasteiger charge is 2.37. The number of piperazine rings is 1. The molecule has 4 rings (SSSR count). The van der Waals surface area contributed by atoms with Gasteiger partial charge < -0.3 is 15.0 Å². The second-order valence-corrected chi connectivity index (χ2v) is 10.5. The lowest BCUT2D eigenvalue weighted by Crippen LogP contribution is -2.56. The van der Waals surface area contributed by atoms with E-state index in [-0.39, 0.29) is 17.9 Å². The van der Waals surface area contributed by atoms with Crippen LogP contribution in [0.25, 0.3) is 0 Å². The van der Waals surface area contributed by atoms with Crippen molar-refractivity contribution < 1.29 is 14.3 Å². The van der Waals surface area contributed by atoms with Gasteiger partial charge in [0.2, 0.25) is 5.91 Å². The fourth-order valence-corrected chi connectivity index (χ4v) is 5.45. The van der Waals surface area contributed by atoms with Crippen LogP contribution in [0.3, 0.4) is 0 Å². The molecule has 0 radical (unpaired) electrons. The Balaban J connectivity index is 1.63. The Morgan fingerprint density at radius 2 is 1.78 bits per heavy atom. The molecule has 2 heterocycles. The molecule has 2 amide bonds. The maximum absolute atomic E-state index is 14.1. The number of benzene rings is 2. The molecule has 2 aromatic carbocycles. The molecule has 0 bridgehead atoms. The highest BCUT2D eigenvalue weighted by molar-refractivity contribution is 7.10. The van der Waals surface area contributed by atoms with Gasteiger partial charge in [-0.2, -0.15) is 0 Å². The van der Waals surface area contributed by atoms with Gasteiger partial charge >= 0.3 is 0 Å². The first-order valence-electron chi connectivity index (χ1n) is 12.7. The van der Waals surface area contributed by atoms with Gasteiger partial charge in [0.05, 0.1) is 0 Å². The van der Waals surface area contributed by atoms with Crippen LogP contribution in [0.1, 0.15) is 44.5 Å². The van der Waals surface area contributed by atoms with E-state index < -0.39 is 6.04 Å². The molecule has 0 spiro atoms. The van der Waals surface area contributed by atoms with Gasteiger partial charge in [0, 0.05) is 42.7 Å². The topological polar surface area (TPSA) is 61.9 Å². The lowest BCUT2D eigenvalue weighted by atomic mass is 10.0. The number of nitrogens with one attached hydrogen (secondary N) is 1. The molecule has 190 valence electrons. The predicted molar refractivity (Wildman–Crippen MR) is 146 cm³/mol. The average Bonchev–Trinajstić information content (AvgIpc) is 3.42. The highest BCUT2D eigenvalue weighted by Crippen LogP contribution is 2.34. The second-order valence-electron chi connectivity index (χ2n) is 9.51. The normalized spacial score (nSPS) is 16.6. The predicted octanol–water partition coefficient (Wildman–Crippen LogP) is 5.87. The Morgan fingerprint density at radius 3 is 2.42 bits per heavy atom. The summed E-state index contributed by atoms with van der Waals surface area (Å²) in [5.41, 5.74) is 0.683. The number of nitrogens with zero attached hydrogens (tertiary/aromatic N) is 2. The molecule has 1 aromatic heterocycles. The van der Waals surface area contributed by atoms with Crippen molar-refractivity contribution in [1.29, 1.82) is 0 Å². The number of anilines is 1. The number of ether oxygens (including phenoxy) is 1. The average molecular weight is 506 g/mol. The van der Waals surface area contributed by atoms with E-state index in [4.69, 9.17) is 4.74 Å². The van der Waals surface area contributed by atoms with Crippen molar-refractivity contribution in [2.24, 2.45) is 5.92 Å². The quantitative estimate of drug-likeness (QED) is 0.395. The van der Waals surface area contributed by atoms with Crippen LogP contribution in [0.5, 0.6) is 11.5 Å². The first-order chi connectivity index (χ1) is 17.5. The van der Waals surface area contributed by atoms with Crippen LogP contribution in [0.15, 0.2) is 72.1 Å². The minimum Gasteiger partial charge on any atom is -0.457 e. The third-order valence-corrected chi connectivity index (χ3v) is 7.22. The van der Waals surface area contributed by atoms with Gasteiger partial charge in [0.15, 0.2) is 0 Å². The molecule has 1 N–H and O–H groups in total. The number of para-hydroxylation sites is 1. The molecule has 3 aromatic rings. The summed E-state index contributed by atoms with van der Waals surface area (Å²) in [7, 11) is 0. The number of carbonyl (C=O) groups is 2. The van der Waals surface area contributed by atoms with Crippen LogP contribution in [-0.4, -0.2) is 42.4 Å². The van der Waals surface area contributed by atoms with Crippen molar-refractivity contribution in [3.05, 3.63) is 77.0 Å². The van der Waals surface area contributed by atoms with E-state index in [0.717, 1.165) is 23.6 Å². The first-order valence-corrected chi connectivity index (χ1v) is 13.5. The summed E-state index contributed by atoms with van der Waals surface area (Å²) in [5, 5.41) is 5.50. The summed E-state index contributed by atoms with van der Waals surface area (Å²) in [5.74, 6) is 1.84. The molecule has 1 saturated heterocycles. The second kappa shape index (κ2) is 12.2. The van der Waals surface area contributed by atoms with Crippen LogP contribution in [0.4, 0.5) is 5.69 Å². The molecule has 2 atom stereocenters. The molecular weight excluding hydrogens is 470 g/mol. The van der Waals surface area contributed by atoms with Gasteiger partial charge in [-0.05, 0) is 60.2 Å². The van der Waals surface area contributed by atoms with E-state index >= 15 is 0 Å². The van der Waals surface area contributed by atoms with E-state index in [1.54, 1.807) is 4.90 Å². The number of amides is 2. The van der Waals surface area contributed by atoms with Crippen LogP contribution < -0.4 is 15.0 Å². The molecule has 0 unspecified atom stereocenters. The molecule has 0 saturated carbocycles. The third-order valence-electron chi connectivity index (χ3n) is 6.29. The van der Waals surface area contributed by atoms with Crippen molar-refractivity contribution in [2.45, 2.75) is 45.7 Å². The number of hydrogen-bond acceptors (Lipinski definition) is 5. The molecular formula is C29H35N3O3S. The largest absolute Gasteiger partial charge is 0.457 e. The lowest BCUT2D eigenvalue weighted by molar-refractivity contribution is -0.136. The number of carbonyl (C=O) groups excluding carboxylic acids is 2. The van der Waals surface area contributed by atoms with E-state index in [2.05, 4.69) is 19.2 Å². The molecule has 6 nitrogen and oxygen atoms in total. The molecule has 1 aliphatic heterocycles. The van der Waals surface area contributed by atoms with E-state index in [1.165, 1.54) is 11.3 Å². The van der Waals surface area contributed by atoms with E-state index in [1.807, 2.05) is 83.9 Å². The Labute approximate surface area is 217 Å². The summed E-state index contributed by atoms with van der Waals surface area (Å²) in [6.45, 7) is 8.27. The van der Waals surface area contributed by atoms with Crippen LogP contribution in [0.2, 0.25) is 0 Å². The van der Waals surface area contributed by atoms with Crippen molar-refractivity contribution in [3.63, 3.8) is 0 Å². The SMILES string of the molecule is CCC(=O)N(c1ccc(Oc2ccccc2)cc1)[C@@H](C(=O)N1CCN[C@@H](CC(C)C)C1)c1cccs1. The maximum atomic E-state index is 14.1. The zero-order valence-electron chi connectivity index (χ0n) is 21.2. The van der Waals surface area contributed by atoms with Crippen molar-refractivity contribution >= 4 is 28.8 Å². The summed E-state index contributed by atoms with van der Waals surface area (Å²) < 4.78 is 5.94. The van der Waals surface area contributed by atoms with Gasteiger partial charge in [-0.1, -0.05) is 45.0 Å². The molecule has 36 heavy (non-hydrogen) atoms. The van der Waals surface area contributed by atoms with Crippen LogP contribution in [-0.2, 0) is 9.59 Å². The summed E-state index contributed by atoms with van der Waals surface area (Å²) >= 11 is 1.51. The lowest BCUT2D eigenvalue weighted by Gasteiger charge is -2.39. The van der Waals surface area contributed by atoms with E-state index in [9.17, 15) is 9.59 Å². The summed E-state index contributed by atoms with van der Waals surface area (Å²) in [6.07, 6.45) is 1.31. The Morgan fingerprint density at radius 1 is 1.06 bits per heavy atom. The summed E-state index contributed by atoms with van der Waals surface area (Å²) in [4.78, 5) is 31.9. The third kappa shape index (κ3) is 6.33. The van der Waals surface area contributed by atoms with Crippen LogP contribution in [0, 0.1) is 5.92 Å². The molecule has 0 aliphatic carbocycles. The Hall–Kier alpha value is -3.16. The van der Waals surface area contributed by atoms with Gasteiger partial charge in [-0.15, -0.1) is 11.3 Å². The van der Waals surface area contributed by atoms with Gasteiger partial charge in [-0.25, -0.2) is 0 Å². The first kappa shape index (κ1) is 25.9. The summed E-state index contributed by atoms with van der Waals surface area (Å²) in [6, 6.07) is 20.4. The fourth-order valence-electron chi connectivity index (χ4n) is 4.64. The maximum Gasteiger partial charge on any atom is 0.251 e. The molecule has 1 fully saturated rings. The Kier molecular flexibility index (Phi) is 8.78. The zero-order chi connectivity index (χ0) is 25.5. The fraction of sp³-hybridized carbons (Fsp3) is 0.379. The minimum atomic E-state index is -0.698. The standard InChI is InChI=1S/C29H35N3O3S/c1-4-27(33)32(23-12-14-25(15-13-23)35-24-9-6-5-7-10-24)28(26-11-8-18-36-26)29(34)31-17-16-30-22(20-31)19-21(2)3/h5-15,18,21-22,28,30H,4,16-17,19-20H2,1-3H3/t22-,28+/m0/s1. The van der Waals surface area contributed by atoms with Crippen LogP contribution >= 0.6 is 11.3 Å². The smallest absolute Gasteiger partial charge is 0.251 e. The highest BCUT2D eigenvalue weighted by atomic mass is 32.1. The molecule has 1 aliphatic rings. The molecule has 7 heteroatoms.